The van der Waals surface area contributed by atoms with Crippen LogP contribution in [0.15, 0.2) is 0 Å². The van der Waals surface area contributed by atoms with E-state index in [4.69, 9.17) is 9.47 Å². The third kappa shape index (κ3) is 7.86. The first-order chi connectivity index (χ1) is 22.3. The van der Waals surface area contributed by atoms with Gasteiger partial charge in [0.2, 0.25) is 10.4 Å². The van der Waals surface area contributed by atoms with E-state index in [1.54, 1.807) is 0 Å². The van der Waals surface area contributed by atoms with Gasteiger partial charge >= 0.3 is 29.6 Å². The Morgan fingerprint density at radius 3 is 2.20 bits per heavy atom. The second kappa shape index (κ2) is 15.7. The zero-order valence-electron chi connectivity index (χ0n) is 29.9. The molecule has 0 aromatic rings. The molecule has 0 spiro atoms. The zero-order chi connectivity index (χ0) is 35.6. The topological polar surface area (TPSA) is 226 Å². The molecule has 1 aliphatic heterocycles. The molecule has 15 heteroatoms. The molecule has 12 unspecified atom stereocenters. The molecule has 7 N–H and O–H groups in total. The van der Waals surface area contributed by atoms with Gasteiger partial charge in [-0.25, -0.2) is 8.42 Å². The van der Waals surface area contributed by atoms with E-state index in [0.29, 0.717) is 25.7 Å². The van der Waals surface area contributed by atoms with Gasteiger partial charge in [0.05, 0.1) is 43.2 Å². The number of hydrogen-bond acceptors (Lipinski definition) is 13. The molecule has 0 amide bonds. The second-order valence-corrected chi connectivity index (χ2v) is 17.8. The van der Waals surface area contributed by atoms with Gasteiger partial charge in [-0.1, -0.05) is 41.0 Å². The van der Waals surface area contributed by atoms with Crippen molar-refractivity contribution in [1.29, 1.82) is 0 Å². The van der Waals surface area contributed by atoms with Crippen LogP contribution in [0.3, 0.4) is 0 Å². The van der Waals surface area contributed by atoms with E-state index in [0.717, 1.165) is 25.7 Å². The first-order valence-electron chi connectivity index (χ1n) is 17.9. The van der Waals surface area contributed by atoms with Crippen LogP contribution in [-0.4, -0.2) is 117 Å². The third-order valence-corrected chi connectivity index (χ3v) is 14.3. The Balaban J connectivity index is 0.00000541. The molecular formula is C34H59NaO13S. The number of rotatable bonds is 12. The van der Waals surface area contributed by atoms with Crippen LogP contribution in [-0.2, 0) is 24.1 Å². The summed E-state index contributed by atoms with van der Waals surface area (Å²) in [6.45, 7) is 9.96. The van der Waals surface area contributed by atoms with E-state index < -0.39 is 83.0 Å². The molecule has 1 heterocycles. The monoisotopic (exact) mass is 730 g/mol. The molecule has 1 saturated heterocycles. The molecule has 13 nitrogen and oxygen atoms in total. The summed E-state index contributed by atoms with van der Waals surface area (Å²) in [5, 5.41) is 77.3. The molecule has 0 radical (unpaired) electrons. The minimum Gasteiger partial charge on any atom is -0.726 e. The van der Waals surface area contributed by atoms with Crippen LogP contribution in [0.25, 0.3) is 0 Å². The minimum absolute atomic E-state index is 0. The maximum absolute atomic E-state index is 12.6. The van der Waals surface area contributed by atoms with Crippen LogP contribution in [0, 0.1) is 52.3 Å². The van der Waals surface area contributed by atoms with Gasteiger partial charge in [-0.2, -0.15) is 0 Å². The van der Waals surface area contributed by atoms with Crippen molar-refractivity contribution in [3.05, 3.63) is 0 Å². The van der Waals surface area contributed by atoms with E-state index in [-0.39, 0.29) is 83.5 Å². The van der Waals surface area contributed by atoms with Gasteiger partial charge in [-0.3, -0.25) is 4.18 Å². The molecule has 4 saturated carbocycles. The van der Waals surface area contributed by atoms with Gasteiger partial charge in [-0.15, -0.1) is 0 Å². The van der Waals surface area contributed by atoms with Crippen molar-refractivity contribution in [2.75, 3.05) is 13.2 Å². The van der Waals surface area contributed by atoms with Gasteiger partial charge in [0.25, 0.3) is 0 Å². The Labute approximate surface area is 313 Å². The summed E-state index contributed by atoms with van der Waals surface area (Å²) in [5.74, 6) is -0.774. The minimum atomic E-state index is -5.16. The van der Waals surface area contributed by atoms with E-state index in [1.807, 2.05) is 0 Å². The summed E-state index contributed by atoms with van der Waals surface area (Å²) in [6.07, 6.45) is -3.65. The molecule has 49 heavy (non-hydrogen) atoms. The normalized spacial score (nSPS) is 48.0. The van der Waals surface area contributed by atoms with Crippen molar-refractivity contribution in [1.82, 2.24) is 0 Å². The first-order valence-corrected chi connectivity index (χ1v) is 19.3. The largest absolute Gasteiger partial charge is 1.00 e. The van der Waals surface area contributed by atoms with Crippen molar-refractivity contribution in [3.8, 4) is 0 Å². The standard InChI is InChI=1S/C34H60O13S.Na/c1-17(2)19(10-13-45-31-29(47-48(42,43)44)26(38)23(16-35)46-31)7-6-18(3)25-27(39)28(40)30-33(25,5)12-9-24-32(4)11-8-20(36)14-21(32)22(37)15-34(24,30)41;/h17-31,35-41H,6-16H2,1-5H3,(H,42,43,44);/q;+1/p-1/t18-,19-,20?,21?,22?,23+,24?,25?,26-,27?,28?,29?,30?,31-,32?,33?,34?;/m1./s1. The summed E-state index contributed by atoms with van der Waals surface area (Å²) in [6, 6.07) is 0. The van der Waals surface area contributed by atoms with E-state index in [9.17, 15) is 48.7 Å². The van der Waals surface area contributed by atoms with Crippen LogP contribution in [0.4, 0.5) is 0 Å². The maximum atomic E-state index is 12.6. The van der Waals surface area contributed by atoms with E-state index in [1.165, 1.54) is 0 Å². The third-order valence-electron chi connectivity index (χ3n) is 13.9. The molecule has 0 aromatic carbocycles. The molecule has 0 aromatic heterocycles. The molecule has 4 aliphatic carbocycles. The number of aliphatic hydroxyl groups is 7. The second-order valence-electron chi connectivity index (χ2n) is 16.8. The summed E-state index contributed by atoms with van der Waals surface area (Å²) in [4.78, 5) is 0. The van der Waals surface area contributed by atoms with Gasteiger partial charge in [-0.05, 0) is 91.3 Å². The summed E-state index contributed by atoms with van der Waals surface area (Å²) < 4.78 is 49.2. The number of ether oxygens (including phenoxy) is 2. The molecular weight excluding hydrogens is 671 g/mol. The van der Waals surface area contributed by atoms with Crippen LogP contribution in [0.5, 0.6) is 0 Å². The smallest absolute Gasteiger partial charge is 0.726 e. The van der Waals surface area contributed by atoms with E-state index in [2.05, 4.69) is 38.8 Å². The Morgan fingerprint density at radius 1 is 0.939 bits per heavy atom. The molecule has 5 rings (SSSR count). The van der Waals surface area contributed by atoms with E-state index >= 15 is 0 Å². The predicted octanol–water partition coefficient (Wildman–Crippen LogP) is -1.94. The summed E-state index contributed by atoms with van der Waals surface area (Å²) >= 11 is 0. The van der Waals surface area contributed by atoms with Crippen molar-refractivity contribution < 1.29 is 91.9 Å². The van der Waals surface area contributed by atoms with Crippen LogP contribution in [0.1, 0.15) is 92.4 Å². The quantitative estimate of drug-likeness (QED) is 0.0660. The maximum Gasteiger partial charge on any atom is 1.00 e. The van der Waals surface area contributed by atoms with Crippen LogP contribution in [0.2, 0.25) is 0 Å². The fraction of sp³-hybridized carbons (Fsp3) is 1.00. The van der Waals surface area contributed by atoms with Crippen molar-refractivity contribution in [2.45, 2.75) is 147 Å². The van der Waals surface area contributed by atoms with Crippen LogP contribution < -0.4 is 29.6 Å². The molecule has 5 fully saturated rings. The van der Waals surface area contributed by atoms with Gasteiger partial charge in [0.1, 0.15) is 12.2 Å². The van der Waals surface area contributed by atoms with Crippen molar-refractivity contribution in [2.24, 2.45) is 52.3 Å². The Hall–Kier alpha value is 0.510. The number of fused-ring (bicyclic) bond motifs is 5. The molecule has 17 atom stereocenters. The molecule has 280 valence electrons. The summed E-state index contributed by atoms with van der Waals surface area (Å²) in [7, 11) is -5.16. The Morgan fingerprint density at radius 2 is 1.59 bits per heavy atom. The van der Waals surface area contributed by atoms with Crippen LogP contribution >= 0.6 is 0 Å². The number of aliphatic hydroxyl groups excluding tert-OH is 6. The number of hydrogen-bond donors (Lipinski definition) is 7. The van der Waals surface area contributed by atoms with Gasteiger partial charge < -0.3 is 49.8 Å². The van der Waals surface area contributed by atoms with Gasteiger partial charge in [0, 0.05) is 12.3 Å². The fourth-order valence-electron chi connectivity index (χ4n) is 11.5. The molecule has 5 aliphatic rings. The van der Waals surface area contributed by atoms with Gasteiger partial charge in [0.15, 0.2) is 12.4 Å². The van der Waals surface area contributed by atoms with Crippen molar-refractivity contribution >= 4 is 10.4 Å². The fourth-order valence-corrected chi connectivity index (χ4v) is 12.0. The average Bonchev–Trinajstić information content (AvgIpc) is 3.38. The molecule has 0 bridgehead atoms. The SMILES string of the molecule is CC(C)[C@@H](CCO[C@@H]1O[C@@H](CO)[C@@H](O)C1OS(=O)(=O)[O-])CC[C@@H](C)C1C(O)C(O)C2C1(C)CCC1C3(C)CCC(O)CC3C(O)CC12O.[Na+]. The zero-order valence-corrected chi connectivity index (χ0v) is 32.7. The average molecular weight is 731 g/mol. The van der Waals surface area contributed by atoms with Crippen molar-refractivity contribution in [3.63, 3.8) is 0 Å². The summed E-state index contributed by atoms with van der Waals surface area (Å²) in [5.41, 5.74) is -2.27. The Kier molecular flexibility index (Phi) is 13.5. The predicted molar refractivity (Wildman–Crippen MR) is 170 cm³/mol. The Bertz CT molecular complexity index is 1230. The first kappa shape index (κ1) is 42.3.